The van der Waals surface area contributed by atoms with Gasteiger partial charge in [-0.3, -0.25) is 9.10 Å². The van der Waals surface area contributed by atoms with E-state index in [2.05, 4.69) is 5.32 Å². The second-order valence-electron chi connectivity index (χ2n) is 7.20. The third-order valence-electron chi connectivity index (χ3n) is 4.94. The van der Waals surface area contributed by atoms with Crippen LogP contribution in [0.2, 0.25) is 5.02 Å². The molecule has 0 aromatic heterocycles. The van der Waals surface area contributed by atoms with E-state index in [0.29, 0.717) is 22.0 Å². The molecule has 1 N–H and O–H groups in total. The van der Waals surface area contributed by atoms with Crippen LogP contribution < -0.4 is 9.62 Å². The third kappa shape index (κ3) is 4.50. The zero-order chi connectivity index (χ0) is 22.1. The zero-order valence-electron chi connectivity index (χ0n) is 17.2. The normalized spacial score (nSPS) is 11.2. The Morgan fingerprint density at radius 2 is 1.53 bits per heavy atom. The molecule has 0 saturated heterocycles. The van der Waals surface area contributed by atoms with E-state index < -0.39 is 10.0 Å². The molecule has 0 aliphatic carbocycles. The molecule has 0 bridgehead atoms. The Bertz CT molecular complexity index is 1210. The Kier molecular flexibility index (Phi) is 6.19. The van der Waals surface area contributed by atoms with E-state index in [0.717, 1.165) is 16.7 Å². The van der Waals surface area contributed by atoms with Gasteiger partial charge in [-0.15, -0.1) is 0 Å². The number of halogens is 1. The zero-order valence-corrected chi connectivity index (χ0v) is 18.8. The average Bonchev–Trinajstić information content (AvgIpc) is 2.70. The van der Waals surface area contributed by atoms with Crippen LogP contribution >= 0.6 is 11.6 Å². The van der Waals surface area contributed by atoms with Gasteiger partial charge in [0, 0.05) is 23.3 Å². The van der Waals surface area contributed by atoms with Crippen LogP contribution in [0.5, 0.6) is 0 Å². The predicted octanol–water partition coefficient (Wildman–Crippen LogP) is 5.34. The molecular formula is C23H23ClN2O3S. The van der Waals surface area contributed by atoms with Crippen molar-refractivity contribution < 1.29 is 13.2 Å². The van der Waals surface area contributed by atoms with Gasteiger partial charge in [-0.1, -0.05) is 41.4 Å². The van der Waals surface area contributed by atoms with Crippen LogP contribution in [0.3, 0.4) is 0 Å². The molecule has 0 aliphatic rings. The molecule has 0 aliphatic heterocycles. The van der Waals surface area contributed by atoms with E-state index >= 15 is 0 Å². The van der Waals surface area contributed by atoms with Crippen molar-refractivity contribution in [2.24, 2.45) is 0 Å². The molecule has 0 saturated carbocycles. The van der Waals surface area contributed by atoms with Gasteiger partial charge in [0.05, 0.1) is 10.6 Å². The van der Waals surface area contributed by atoms with Crippen molar-refractivity contribution in [1.82, 2.24) is 0 Å². The van der Waals surface area contributed by atoms with Crippen molar-refractivity contribution >= 4 is 38.9 Å². The first-order valence-electron chi connectivity index (χ1n) is 9.33. The number of hydrogen-bond acceptors (Lipinski definition) is 3. The summed E-state index contributed by atoms with van der Waals surface area (Å²) in [5.74, 6) is -0.345. The third-order valence-corrected chi connectivity index (χ3v) is 6.96. The van der Waals surface area contributed by atoms with E-state index in [1.165, 1.54) is 11.4 Å². The van der Waals surface area contributed by atoms with Gasteiger partial charge in [0.2, 0.25) is 0 Å². The lowest BCUT2D eigenvalue weighted by Crippen LogP contribution is -2.27. The Balaban J connectivity index is 1.93. The highest BCUT2D eigenvalue weighted by Gasteiger charge is 2.23. The summed E-state index contributed by atoms with van der Waals surface area (Å²) in [5.41, 5.74) is 3.98. The molecule has 1 amide bonds. The van der Waals surface area contributed by atoms with Crippen LogP contribution in [0.25, 0.3) is 0 Å². The highest BCUT2D eigenvalue weighted by atomic mass is 35.5. The maximum absolute atomic E-state index is 13.1. The Morgan fingerprint density at radius 1 is 0.900 bits per heavy atom. The fourth-order valence-electron chi connectivity index (χ4n) is 3.01. The van der Waals surface area contributed by atoms with Crippen LogP contribution in [0.4, 0.5) is 11.4 Å². The monoisotopic (exact) mass is 442 g/mol. The second kappa shape index (κ2) is 8.50. The number of sulfonamides is 1. The van der Waals surface area contributed by atoms with Gasteiger partial charge < -0.3 is 5.32 Å². The summed E-state index contributed by atoms with van der Waals surface area (Å²) in [7, 11) is -2.27. The quantitative estimate of drug-likeness (QED) is 0.579. The molecule has 3 rings (SSSR count). The molecule has 0 fully saturated rings. The maximum atomic E-state index is 13.1. The minimum Gasteiger partial charge on any atom is -0.322 e. The fourth-order valence-corrected chi connectivity index (χ4v) is 4.44. The van der Waals surface area contributed by atoms with Crippen molar-refractivity contribution in [2.45, 2.75) is 25.7 Å². The maximum Gasteiger partial charge on any atom is 0.264 e. The summed E-state index contributed by atoms with van der Waals surface area (Å²) in [6, 6.07) is 16.9. The molecule has 0 atom stereocenters. The van der Waals surface area contributed by atoms with Crippen LogP contribution in [0.15, 0.2) is 65.6 Å². The number of aryl methyl sites for hydroxylation is 3. The van der Waals surface area contributed by atoms with Gasteiger partial charge in [-0.2, -0.15) is 0 Å². The lowest BCUT2D eigenvalue weighted by atomic mass is 10.1. The van der Waals surface area contributed by atoms with E-state index in [9.17, 15) is 13.2 Å². The number of amides is 1. The van der Waals surface area contributed by atoms with Gasteiger partial charge in [0.1, 0.15) is 0 Å². The number of nitrogens with zero attached hydrogens (tertiary/aromatic N) is 1. The minimum atomic E-state index is -3.76. The molecule has 0 radical (unpaired) electrons. The Hall–Kier alpha value is -2.83. The first kappa shape index (κ1) is 21.9. The standard InChI is InChI=1S/C23H23ClN2O3S/c1-15-5-11-20(12-6-15)30(28,29)26(4)22-13-18(9-7-17(22)3)23(27)25-21-14-19(24)10-8-16(21)2/h5-14H,1-4H3,(H,25,27). The predicted molar refractivity (Wildman–Crippen MR) is 122 cm³/mol. The molecule has 5 nitrogen and oxygen atoms in total. The molecule has 0 heterocycles. The fraction of sp³-hybridized carbons (Fsp3) is 0.174. The average molecular weight is 443 g/mol. The number of carbonyl (C=O) groups excluding carboxylic acids is 1. The number of hydrogen-bond donors (Lipinski definition) is 1. The van der Waals surface area contributed by atoms with Gasteiger partial charge >= 0.3 is 0 Å². The van der Waals surface area contributed by atoms with E-state index in [1.807, 2.05) is 19.9 Å². The first-order chi connectivity index (χ1) is 14.1. The summed E-state index contributed by atoms with van der Waals surface area (Å²) in [6.45, 7) is 5.57. The van der Waals surface area contributed by atoms with E-state index in [-0.39, 0.29) is 10.8 Å². The highest BCUT2D eigenvalue weighted by molar-refractivity contribution is 7.92. The number of anilines is 2. The van der Waals surface area contributed by atoms with Crippen molar-refractivity contribution in [1.29, 1.82) is 0 Å². The lowest BCUT2D eigenvalue weighted by Gasteiger charge is -2.22. The summed E-state index contributed by atoms with van der Waals surface area (Å²) in [6.07, 6.45) is 0. The van der Waals surface area contributed by atoms with Crippen LogP contribution in [-0.2, 0) is 10.0 Å². The Labute approximate surface area is 182 Å². The molecule has 7 heteroatoms. The first-order valence-corrected chi connectivity index (χ1v) is 11.1. The number of carbonyl (C=O) groups is 1. The molecule has 30 heavy (non-hydrogen) atoms. The molecular weight excluding hydrogens is 420 g/mol. The molecule has 3 aromatic rings. The summed E-state index contributed by atoms with van der Waals surface area (Å²) < 4.78 is 27.3. The van der Waals surface area contributed by atoms with Gasteiger partial charge in [0.15, 0.2) is 0 Å². The van der Waals surface area contributed by atoms with Gasteiger partial charge in [0.25, 0.3) is 15.9 Å². The molecule has 0 spiro atoms. The van der Waals surface area contributed by atoms with Gasteiger partial charge in [-0.05, 0) is 68.3 Å². The number of rotatable bonds is 5. The van der Waals surface area contributed by atoms with Crippen LogP contribution in [-0.4, -0.2) is 21.4 Å². The van der Waals surface area contributed by atoms with Gasteiger partial charge in [-0.25, -0.2) is 8.42 Å². The van der Waals surface area contributed by atoms with E-state index in [4.69, 9.17) is 11.6 Å². The Morgan fingerprint density at radius 3 is 2.20 bits per heavy atom. The summed E-state index contributed by atoms with van der Waals surface area (Å²) >= 11 is 6.03. The van der Waals surface area contributed by atoms with Crippen LogP contribution in [0.1, 0.15) is 27.0 Å². The van der Waals surface area contributed by atoms with Crippen LogP contribution in [0, 0.1) is 20.8 Å². The minimum absolute atomic E-state index is 0.194. The largest absolute Gasteiger partial charge is 0.322 e. The molecule has 156 valence electrons. The lowest BCUT2D eigenvalue weighted by molar-refractivity contribution is 0.102. The topological polar surface area (TPSA) is 66.5 Å². The highest BCUT2D eigenvalue weighted by Crippen LogP contribution is 2.28. The van der Waals surface area contributed by atoms with E-state index in [1.54, 1.807) is 61.5 Å². The SMILES string of the molecule is Cc1ccc(S(=O)(=O)N(C)c2cc(C(=O)Nc3cc(Cl)ccc3C)ccc2C)cc1. The van der Waals surface area contributed by atoms with Crippen molar-refractivity contribution in [3.63, 3.8) is 0 Å². The van der Waals surface area contributed by atoms with Crippen molar-refractivity contribution in [3.8, 4) is 0 Å². The number of nitrogens with one attached hydrogen (secondary N) is 1. The second-order valence-corrected chi connectivity index (χ2v) is 9.61. The smallest absolute Gasteiger partial charge is 0.264 e. The molecule has 3 aromatic carbocycles. The molecule has 0 unspecified atom stereocenters. The summed E-state index contributed by atoms with van der Waals surface area (Å²) in [4.78, 5) is 13.0. The van der Waals surface area contributed by atoms with Crippen molar-refractivity contribution in [2.75, 3.05) is 16.7 Å². The summed E-state index contributed by atoms with van der Waals surface area (Å²) in [5, 5.41) is 3.36. The van der Waals surface area contributed by atoms with Crippen molar-refractivity contribution in [3.05, 3.63) is 87.9 Å². The number of benzene rings is 3.